The summed E-state index contributed by atoms with van der Waals surface area (Å²) in [6, 6.07) is 2.67. The number of carbonyl (C=O) groups is 1. The fraction of sp³-hybridized carbons (Fsp3) is 0.200. The van der Waals surface area contributed by atoms with Crippen LogP contribution in [0.15, 0.2) is 29.3 Å². The van der Waals surface area contributed by atoms with E-state index in [0.29, 0.717) is 6.54 Å². The van der Waals surface area contributed by atoms with E-state index in [0.717, 1.165) is 5.56 Å². The summed E-state index contributed by atoms with van der Waals surface area (Å²) < 4.78 is 0. The van der Waals surface area contributed by atoms with Crippen LogP contribution in [0.3, 0.4) is 0 Å². The molecule has 0 aliphatic carbocycles. The highest BCUT2D eigenvalue weighted by atomic mass is 16.2. The molecular weight excluding hydrogens is 222 g/mol. The van der Waals surface area contributed by atoms with Gasteiger partial charge in [0.1, 0.15) is 5.69 Å². The second-order valence-electron chi connectivity index (χ2n) is 3.57. The van der Waals surface area contributed by atoms with Gasteiger partial charge >= 0.3 is 0 Å². The molecule has 17 heavy (non-hydrogen) atoms. The van der Waals surface area contributed by atoms with E-state index >= 15 is 0 Å². The second-order valence-corrected chi connectivity index (χ2v) is 3.57. The van der Waals surface area contributed by atoms with Crippen LogP contribution in [0.1, 0.15) is 16.1 Å². The first-order valence-electron chi connectivity index (χ1n) is 4.95. The summed E-state index contributed by atoms with van der Waals surface area (Å²) in [7, 11) is 1.65. The van der Waals surface area contributed by atoms with Crippen LogP contribution < -0.4 is 5.56 Å². The summed E-state index contributed by atoms with van der Waals surface area (Å²) in [5.41, 5.74) is 0.764. The molecule has 7 nitrogen and oxygen atoms in total. The number of aromatic amines is 2. The van der Waals surface area contributed by atoms with Gasteiger partial charge < -0.3 is 4.90 Å². The quantitative estimate of drug-likeness (QED) is 0.765. The zero-order valence-corrected chi connectivity index (χ0v) is 9.17. The number of hydrogen-bond acceptors (Lipinski definition) is 4. The predicted octanol–water partition coefficient (Wildman–Crippen LogP) is -0.235. The highest BCUT2D eigenvalue weighted by Crippen LogP contribution is 2.03. The summed E-state index contributed by atoms with van der Waals surface area (Å²) in [6.07, 6.45) is 3.36. The van der Waals surface area contributed by atoms with Gasteiger partial charge in [-0.15, -0.1) is 0 Å². The van der Waals surface area contributed by atoms with Crippen molar-refractivity contribution in [3.63, 3.8) is 0 Å². The average molecular weight is 233 g/mol. The maximum absolute atomic E-state index is 11.9. The highest BCUT2D eigenvalue weighted by molar-refractivity contribution is 5.91. The van der Waals surface area contributed by atoms with Gasteiger partial charge in [0.05, 0.1) is 6.20 Å². The first-order valence-corrected chi connectivity index (χ1v) is 4.95. The van der Waals surface area contributed by atoms with Gasteiger partial charge in [0.15, 0.2) is 0 Å². The fourth-order valence-electron chi connectivity index (χ4n) is 1.37. The largest absolute Gasteiger partial charge is 0.336 e. The van der Waals surface area contributed by atoms with Crippen LogP contribution in [-0.2, 0) is 6.54 Å². The molecule has 0 aliphatic heterocycles. The van der Waals surface area contributed by atoms with E-state index in [1.54, 1.807) is 19.4 Å². The Morgan fingerprint density at radius 2 is 2.29 bits per heavy atom. The van der Waals surface area contributed by atoms with Crippen LogP contribution in [0, 0.1) is 0 Å². The number of amides is 1. The zero-order valence-electron chi connectivity index (χ0n) is 9.17. The van der Waals surface area contributed by atoms with E-state index in [4.69, 9.17) is 0 Å². The van der Waals surface area contributed by atoms with Crippen LogP contribution in [-0.4, -0.2) is 38.2 Å². The van der Waals surface area contributed by atoms with E-state index in [9.17, 15) is 9.59 Å². The molecular formula is C10H11N5O2. The molecule has 0 saturated carbocycles. The van der Waals surface area contributed by atoms with E-state index in [2.05, 4.69) is 20.4 Å². The van der Waals surface area contributed by atoms with Gasteiger partial charge in [0, 0.05) is 31.4 Å². The lowest BCUT2D eigenvalue weighted by Gasteiger charge is -2.14. The number of aromatic nitrogens is 4. The Balaban J connectivity index is 2.09. The molecule has 0 unspecified atom stereocenters. The number of rotatable bonds is 3. The maximum atomic E-state index is 11.9. The molecule has 0 fully saturated rings. The van der Waals surface area contributed by atoms with Crippen molar-refractivity contribution in [1.29, 1.82) is 0 Å². The van der Waals surface area contributed by atoms with Crippen molar-refractivity contribution in [3.8, 4) is 0 Å². The standard InChI is InChI=1S/C10H11N5O2/c1-15(6-7-4-11-12-5-7)10(17)8-2-3-9(16)14-13-8/h2-5H,6H2,1H3,(H,11,12)(H,14,16). The molecule has 0 saturated heterocycles. The Hall–Kier alpha value is -2.44. The molecule has 0 bridgehead atoms. The highest BCUT2D eigenvalue weighted by Gasteiger charge is 2.13. The first-order chi connectivity index (χ1) is 8.16. The Morgan fingerprint density at radius 1 is 1.47 bits per heavy atom. The maximum Gasteiger partial charge on any atom is 0.274 e. The summed E-state index contributed by atoms with van der Waals surface area (Å²) in [5.74, 6) is -0.262. The van der Waals surface area contributed by atoms with E-state index in [-0.39, 0.29) is 17.2 Å². The molecule has 0 radical (unpaired) electrons. The Bertz CT molecular complexity index is 540. The molecule has 7 heteroatoms. The van der Waals surface area contributed by atoms with Gasteiger partial charge in [-0.2, -0.15) is 10.2 Å². The number of hydrogen-bond donors (Lipinski definition) is 2. The van der Waals surface area contributed by atoms with Crippen molar-refractivity contribution in [2.24, 2.45) is 0 Å². The molecule has 0 spiro atoms. The zero-order chi connectivity index (χ0) is 12.3. The Labute approximate surface area is 96.5 Å². The second kappa shape index (κ2) is 4.60. The predicted molar refractivity (Wildman–Crippen MR) is 59.2 cm³/mol. The van der Waals surface area contributed by atoms with E-state index < -0.39 is 0 Å². The van der Waals surface area contributed by atoms with Gasteiger partial charge in [-0.25, -0.2) is 5.10 Å². The number of nitrogens with zero attached hydrogens (tertiary/aromatic N) is 3. The lowest BCUT2D eigenvalue weighted by molar-refractivity contribution is 0.0778. The normalized spacial score (nSPS) is 10.2. The van der Waals surface area contributed by atoms with Crippen LogP contribution in [0.5, 0.6) is 0 Å². The monoisotopic (exact) mass is 233 g/mol. The van der Waals surface area contributed by atoms with E-state index in [1.165, 1.54) is 17.0 Å². The summed E-state index contributed by atoms with van der Waals surface area (Å²) in [4.78, 5) is 24.2. The topological polar surface area (TPSA) is 94.7 Å². The molecule has 2 aromatic heterocycles. The lowest BCUT2D eigenvalue weighted by atomic mass is 10.3. The SMILES string of the molecule is CN(Cc1cn[nH]c1)C(=O)c1ccc(=O)[nH]n1. The van der Waals surface area contributed by atoms with Gasteiger partial charge in [0.2, 0.25) is 0 Å². The lowest BCUT2D eigenvalue weighted by Crippen LogP contribution is -2.27. The van der Waals surface area contributed by atoms with Crippen LogP contribution in [0.4, 0.5) is 0 Å². The summed E-state index contributed by atoms with van der Waals surface area (Å²) in [6.45, 7) is 0.427. The van der Waals surface area contributed by atoms with Crippen molar-refractivity contribution in [2.45, 2.75) is 6.54 Å². The van der Waals surface area contributed by atoms with Gasteiger partial charge in [-0.1, -0.05) is 0 Å². The van der Waals surface area contributed by atoms with Crippen LogP contribution in [0.2, 0.25) is 0 Å². The number of H-pyrrole nitrogens is 2. The number of nitrogens with one attached hydrogen (secondary N) is 2. The third-order valence-electron chi connectivity index (χ3n) is 2.22. The number of carbonyl (C=O) groups excluding carboxylic acids is 1. The molecule has 88 valence electrons. The molecule has 1 amide bonds. The molecule has 2 N–H and O–H groups in total. The molecule has 0 aromatic carbocycles. The van der Waals surface area contributed by atoms with Crippen molar-refractivity contribution in [3.05, 3.63) is 46.1 Å². The Morgan fingerprint density at radius 3 is 2.88 bits per heavy atom. The van der Waals surface area contributed by atoms with Gasteiger partial charge in [-0.3, -0.25) is 14.7 Å². The summed E-state index contributed by atoms with van der Waals surface area (Å²) >= 11 is 0. The fourth-order valence-corrected chi connectivity index (χ4v) is 1.37. The van der Waals surface area contributed by atoms with Gasteiger partial charge in [-0.05, 0) is 6.07 Å². The molecule has 0 atom stereocenters. The minimum Gasteiger partial charge on any atom is -0.336 e. The minimum absolute atomic E-state index is 0.204. The van der Waals surface area contributed by atoms with Crippen LogP contribution in [0.25, 0.3) is 0 Å². The van der Waals surface area contributed by atoms with Crippen molar-refractivity contribution in [2.75, 3.05) is 7.05 Å². The Kier molecular flexibility index (Phi) is 2.99. The van der Waals surface area contributed by atoms with Crippen LogP contribution >= 0.6 is 0 Å². The third-order valence-corrected chi connectivity index (χ3v) is 2.22. The summed E-state index contributed by atoms with van der Waals surface area (Å²) in [5, 5.41) is 12.4. The van der Waals surface area contributed by atoms with Gasteiger partial charge in [0.25, 0.3) is 11.5 Å². The molecule has 2 aromatic rings. The van der Waals surface area contributed by atoms with Crippen molar-refractivity contribution < 1.29 is 4.79 Å². The molecule has 2 rings (SSSR count). The molecule has 0 aliphatic rings. The first kappa shape index (κ1) is 11.1. The third kappa shape index (κ3) is 2.57. The minimum atomic E-state index is -0.334. The van der Waals surface area contributed by atoms with E-state index in [1.807, 2.05) is 0 Å². The molecule has 2 heterocycles. The van der Waals surface area contributed by atoms with Crippen molar-refractivity contribution >= 4 is 5.91 Å². The smallest absolute Gasteiger partial charge is 0.274 e. The van der Waals surface area contributed by atoms with Crippen molar-refractivity contribution in [1.82, 2.24) is 25.3 Å². The average Bonchev–Trinajstić information content (AvgIpc) is 2.82.